The SMILES string of the molecule is COc1ccc(Nc2ccc(C(=O)Nc3cccc(C)c3)nn2)cc1OC. The van der Waals surface area contributed by atoms with Crippen LogP contribution >= 0.6 is 0 Å². The van der Waals surface area contributed by atoms with Gasteiger partial charge in [-0.1, -0.05) is 12.1 Å². The Bertz CT molecular complexity index is 942. The highest BCUT2D eigenvalue weighted by Gasteiger charge is 2.10. The predicted octanol–water partition coefficient (Wildman–Crippen LogP) is 3.80. The number of hydrogen-bond acceptors (Lipinski definition) is 6. The normalized spacial score (nSPS) is 10.2. The van der Waals surface area contributed by atoms with E-state index < -0.39 is 0 Å². The van der Waals surface area contributed by atoms with Crippen molar-refractivity contribution in [3.63, 3.8) is 0 Å². The first kappa shape index (κ1) is 18.2. The van der Waals surface area contributed by atoms with Crippen LogP contribution in [0.1, 0.15) is 16.1 Å². The maximum absolute atomic E-state index is 12.3. The molecule has 1 heterocycles. The summed E-state index contributed by atoms with van der Waals surface area (Å²) in [7, 11) is 3.15. The van der Waals surface area contributed by atoms with Gasteiger partial charge in [0.25, 0.3) is 5.91 Å². The third kappa shape index (κ3) is 4.52. The van der Waals surface area contributed by atoms with Gasteiger partial charge in [-0.15, -0.1) is 10.2 Å². The highest BCUT2D eigenvalue weighted by molar-refractivity contribution is 6.02. The number of carbonyl (C=O) groups is 1. The first-order valence-corrected chi connectivity index (χ1v) is 8.30. The van der Waals surface area contributed by atoms with E-state index in [4.69, 9.17) is 9.47 Å². The molecule has 0 radical (unpaired) electrons. The molecule has 0 spiro atoms. The quantitative estimate of drug-likeness (QED) is 0.692. The Morgan fingerprint density at radius 2 is 1.70 bits per heavy atom. The van der Waals surface area contributed by atoms with Gasteiger partial charge in [-0.2, -0.15) is 0 Å². The van der Waals surface area contributed by atoms with Gasteiger partial charge in [0.15, 0.2) is 23.0 Å². The number of aromatic nitrogens is 2. The van der Waals surface area contributed by atoms with Crippen LogP contribution in [-0.2, 0) is 0 Å². The average Bonchev–Trinajstić information content (AvgIpc) is 2.68. The van der Waals surface area contributed by atoms with Gasteiger partial charge in [-0.05, 0) is 48.9 Å². The van der Waals surface area contributed by atoms with Crippen molar-refractivity contribution in [1.29, 1.82) is 0 Å². The summed E-state index contributed by atoms with van der Waals surface area (Å²) in [5.74, 6) is 1.43. The van der Waals surface area contributed by atoms with Crippen LogP contribution in [0.2, 0.25) is 0 Å². The van der Waals surface area contributed by atoms with Crippen molar-refractivity contribution in [2.24, 2.45) is 0 Å². The Morgan fingerprint density at radius 3 is 2.37 bits per heavy atom. The monoisotopic (exact) mass is 364 g/mol. The molecule has 3 rings (SSSR count). The van der Waals surface area contributed by atoms with Gasteiger partial charge in [-0.3, -0.25) is 4.79 Å². The molecular formula is C20H20N4O3. The summed E-state index contributed by atoms with van der Waals surface area (Å²) >= 11 is 0. The molecular weight excluding hydrogens is 344 g/mol. The maximum atomic E-state index is 12.3. The fourth-order valence-corrected chi connectivity index (χ4v) is 2.50. The third-order valence-electron chi connectivity index (χ3n) is 3.83. The summed E-state index contributed by atoms with van der Waals surface area (Å²) in [4.78, 5) is 12.3. The number of nitrogens with one attached hydrogen (secondary N) is 2. The lowest BCUT2D eigenvalue weighted by Crippen LogP contribution is -2.14. The molecule has 0 saturated heterocycles. The van der Waals surface area contributed by atoms with Crippen molar-refractivity contribution in [3.05, 3.63) is 65.9 Å². The topological polar surface area (TPSA) is 85.4 Å². The smallest absolute Gasteiger partial charge is 0.276 e. The van der Waals surface area contributed by atoms with Gasteiger partial charge in [0.05, 0.1) is 14.2 Å². The van der Waals surface area contributed by atoms with Crippen LogP contribution in [0, 0.1) is 6.92 Å². The van der Waals surface area contributed by atoms with E-state index in [0.29, 0.717) is 23.0 Å². The van der Waals surface area contributed by atoms with Crippen LogP contribution in [-0.4, -0.2) is 30.3 Å². The van der Waals surface area contributed by atoms with Gasteiger partial charge < -0.3 is 20.1 Å². The van der Waals surface area contributed by atoms with Gasteiger partial charge in [0.1, 0.15) is 0 Å². The van der Waals surface area contributed by atoms with Gasteiger partial charge in [-0.25, -0.2) is 0 Å². The number of ether oxygens (including phenoxy) is 2. The molecule has 0 aliphatic carbocycles. The maximum Gasteiger partial charge on any atom is 0.276 e. The second kappa shape index (κ2) is 8.18. The highest BCUT2D eigenvalue weighted by atomic mass is 16.5. The Morgan fingerprint density at radius 1 is 0.889 bits per heavy atom. The van der Waals surface area contributed by atoms with E-state index in [0.717, 1.165) is 11.3 Å². The highest BCUT2D eigenvalue weighted by Crippen LogP contribution is 2.30. The van der Waals surface area contributed by atoms with Gasteiger partial charge in [0, 0.05) is 17.4 Å². The number of nitrogens with zero attached hydrogens (tertiary/aromatic N) is 2. The first-order chi connectivity index (χ1) is 13.1. The first-order valence-electron chi connectivity index (χ1n) is 8.30. The zero-order chi connectivity index (χ0) is 19.2. The number of hydrogen-bond donors (Lipinski definition) is 2. The van der Waals surface area contributed by atoms with E-state index in [-0.39, 0.29) is 11.6 Å². The number of aryl methyl sites for hydroxylation is 1. The Balaban J connectivity index is 1.69. The van der Waals surface area contributed by atoms with Crippen LogP contribution in [0.4, 0.5) is 17.2 Å². The van der Waals surface area contributed by atoms with E-state index in [2.05, 4.69) is 20.8 Å². The summed E-state index contributed by atoms with van der Waals surface area (Å²) in [6.07, 6.45) is 0. The zero-order valence-corrected chi connectivity index (χ0v) is 15.3. The molecule has 2 aromatic carbocycles. The molecule has 0 bridgehead atoms. The van der Waals surface area contributed by atoms with Crippen molar-refractivity contribution in [2.45, 2.75) is 6.92 Å². The molecule has 1 amide bonds. The number of benzene rings is 2. The number of carbonyl (C=O) groups excluding carboxylic acids is 1. The van der Waals surface area contributed by atoms with E-state index in [9.17, 15) is 4.79 Å². The van der Waals surface area contributed by atoms with Crippen molar-refractivity contribution in [3.8, 4) is 11.5 Å². The minimum atomic E-state index is -0.314. The molecule has 7 nitrogen and oxygen atoms in total. The molecule has 1 aromatic heterocycles. The minimum Gasteiger partial charge on any atom is -0.493 e. The molecule has 138 valence electrons. The molecule has 0 unspecified atom stereocenters. The van der Waals surface area contributed by atoms with Crippen molar-refractivity contribution >= 4 is 23.1 Å². The largest absolute Gasteiger partial charge is 0.493 e. The van der Waals surface area contributed by atoms with E-state index in [1.54, 1.807) is 38.5 Å². The van der Waals surface area contributed by atoms with E-state index in [1.807, 2.05) is 37.3 Å². The number of rotatable bonds is 6. The molecule has 0 aliphatic heterocycles. The van der Waals surface area contributed by atoms with E-state index in [1.165, 1.54) is 0 Å². The molecule has 0 saturated carbocycles. The lowest BCUT2D eigenvalue weighted by molar-refractivity contribution is 0.102. The summed E-state index contributed by atoms with van der Waals surface area (Å²) in [6.45, 7) is 1.96. The van der Waals surface area contributed by atoms with Crippen LogP contribution in [0.3, 0.4) is 0 Å². The zero-order valence-electron chi connectivity index (χ0n) is 15.3. The van der Waals surface area contributed by atoms with Crippen LogP contribution in [0.15, 0.2) is 54.6 Å². The predicted molar refractivity (Wildman–Crippen MR) is 104 cm³/mol. The fraction of sp³-hybridized carbons (Fsp3) is 0.150. The fourth-order valence-electron chi connectivity index (χ4n) is 2.50. The van der Waals surface area contributed by atoms with Crippen LogP contribution in [0.5, 0.6) is 11.5 Å². The second-order valence-electron chi connectivity index (χ2n) is 5.82. The summed E-state index contributed by atoms with van der Waals surface area (Å²) in [5, 5.41) is 14.0. The van der Waals surface area contributed by atoms with Crippen molar-refractivity contribution in [1.82, 2.24) is 10.2 Å². The molecule has 27 heavy (non-hydrogen) atoms. The van der Waals surface area contributed by atoms with Gasteiger partial charge >= 0.3 is 0 Å². The lowest BCUT2D eigenvalue weighted by Gasteiger charge is -2.11. The van der Waals surface area contributed by atoms with Crippen LogP contribution < -0.4 is 20.1 Å². The molecule has 0 fully saturated rings. The molecule has 3 aromatic rings. The number of amides is 1. The van der Waals surface area contributed by atoms with Crippen molar-refractivity contribution in [2.75, 3.05) is 24.9 Å². The van der Waals surface area contributed by atoms with E-state index >= 15 is 0 Å². The van der Waals surface area contributed by atoms with Gasteiger partial charge in [0.2, 0.25) is 0 Å². The Hall–Kier alpha value is -3.61. The average molecular weight is 364 g/mol. The Kier molecular flexibility index (Phi) is 5.51. The molecule has 2 N–H and O–H groups in total. The lowest BCUT2D eigenvalue weighted by atomic mass is 10.2. The Labute approximate surface area is 157 Å². The summed E-state index contributed by atoms with van der Waals surface area (Å²) in [5.41, 5.74) is 2.77. The third-order valence-corrected chi connectivity index (χ3v) is 3.83. The minimum absolute atomic E-state index is 0.231. The molecule has 0 atom stereocenters. The standard InChI is InChI=1S/C20H20N4O3/c1-13-5-4-6-14(11-13)22-20(25)16-8-10-19(24-23-16)21-15-7-9-17(26-2)18(12-15)27-3/h4-12H,1-3H3,(H,21,24)(H,22,25). The summed E-state index contributed by atoms with van der Waals surface area (Å²) in [6, 6.07) is 16.3. The number of anilines is 3. The molecule has 0 aliphatic rings. The second-order valence-corrected chi connectivity index (χ2v) is 5.82. The van der Waals surface area contributed by atoms with Crippen LogP contribution in [0.25, 0.3) is 0 Å². The summed E-state index contributed by atoms with van der Waals surface area (Å²) < 4.78 is 10.5. The molecule has 7 heteroatoms. The van der Waals surface area contributed by atoms with Crippen molar-refractivity contribution < 1.29 is 14.3 Å². The number of methoxy groups -OCH3 is 2.